The van der Waals surface area contributed by atoms with Gasteiger partial charge in [-0.15, -0.1) is 0 Å². The quantitative estimate of drug-likeness (QED) is 0.671. The highest BCUT2D eigenvalue weighted by Gasteiger charge is 2.61. The van der Waals surface area contributed by atoms with Crippen molar-refractivity contribution in [3.63, 3.8) is 0 Å². The van der Waals surface area contributed by atoms with Gasteiger partial charge in [-0.2, -0.15) is 0 Å². The number of ether oxygens (including phenoxy) is 1. The molecule has 0 spiro atoms. The van der Waals surface area contributed by atoms with Crippen molar-refractivity contribution in [2.45, 2.75) is 32.8 Å². The van der Waals surface area contributed by atoms with E-state index in [4.69, 9.17) is 4.74 Å². The van der Waals surface area contributed by atoms with E-state index in [2.05, 4.69) is 0 Å². The van der Waals surface area contributed by atoms with Crippen LogP contribution in [-0.4, -0.2) is 36.4 Å². The molecule has 1 saturated carbocycles. The number of fused-ring (bicyclic) bond motifs is 1. The molecule has 2 aliphatic rings. The Bertz CT molecular complexity index is 283. The van der Waals surface area contributed by atoms with E-state index < -0.39 is 5.60 Å². The topological polar surface area (TPSA) is 29.5 Å². The van der Waals surface area contributed by atoms with Crippen LogP contribution in [0.4, 0.5) is 9.18 Å². The maximum Gasteiger partial charge on any atom is 0.410 e. The zero-order valence-electron chi connectivity index (χ0n) is 9.55. The Morgan fingerprint density at radius 3 is 2.73 bits per heavy atom. The van der Waals surface area contributed by atoms with Gasteiger partial charge < -0.3 is 9.64 Å². The predicted molar refractivity (Wildman–Crippen MR) is 54.3 cm³/mol. The summed E-state index contributed by atoms with van der Waals surface area (Å²) in [6.45, 7) is 6.41. The number of halogens is 1. The van der Waals surface area contributed by atoms with Crippen molar-refractivity contribution >= 4 is 6.09 Å². The molecule has 0 aromatic rings. The standard InChI is InChI=1S/C11H18FNO2/c1-10(2,3)15-9(14)13-5-8-4-11(8,6-12)7-13/h8H,4-7H2,1-3H3. The third-order valence-electron chi connectivity index (χ3n) is 3.22. The third-order valence-corrected chi connectivity index (χ3v) is 3.22. The molecule has 0 aromatic carbocycles. The number of hydrogen-bond donors (Lipinski definition) is 0. The monoisotopic (exact) mass is 215 g/mol. The summed E-state index contributed by atoms with van der Waals surface area (Å²) in [4.78, 5) is 13.3. The molecular weight excluding hydrogens is 197 g/mol. The van der Waals surface area contributed by atoms with Crippen LogP contribution in [-0.2, 0) is 4.74 Å². The Morgan fingerprint density at radius 1 is 1.60 bits per heavy atom. The first kappa shape index (κ1) is 10.7. The molecule has 3 nitrogen and oxygen atoms in total. The van der Waals surface area contributed by atoms with Crippen LogP contribution in [0, 0.1) is 11.3 Å². The molecule has 1 saturated heterocycles. The second kappa shape index (κ2) is 3.09. The normalized spacial score (nSPS) is 33.9. The van der Waals surface area contributed by atoms with Crippen LogP contribution in [0.25, 0.3) is 0 Å². The lowest BCUT2D eigenvalue weighted by molar-refractivity contribution is 0.0258. The van der Waals surface area contributed by atoms with Crippen molar-refractivity contribution in [2.75, 3.05) is 19.8 Å². The van der Waals surface area contributed by atoms with E-state index in [0.717, 1.165) is 6.42 Å². The average Bonchev–Trinajstić information content (AvgIpc) is 2.66. The Hall–Kier alpha value is -0.800. The van der Waals surface area contributed by atoms with Crippen molar-refractivity contribution in [3.8, 4) is 0 Å². The molecule has 2 atom stereocenters. The van der Waals surface area contributed by atoms with Crippen molar-refractivity contribution < 1.29 is 13.9 Å². The Morgan fingerprint density at radius 2 is 2.27 bits per heavy atom. The highest BCUT2D eigenvalue weighted by molar-refractivity contribution is 5.69. The summed E-state index contributed by atoms with van der Waals surface area (Å²) in [6.07, 6.45) is 0.630. The van der Waals surface area contributed by atoms with Gasteiger partial charge in [-0.3, -0.25) is 4.39 Å². The number of piperidine rings is 1. The summed E-state index contributed by atoms with van der Waals surface area (Å²) in [5, 5.41) is 0. The summed E-state index contributed by atoms with van der Waals surface area (Å²) < 4.78 is 18.0. The molecular formula is C11H18FNO2. The van der Waals surface area contributed by atoms with Crippen LogP contribution in [0.15, 0.2) is 0 Å². The molecule has 1 heterocycles. The molecule has 86 valence electrons. The largest absolute Gasteiger partial charge is 0.444 e. The second-order valence-electron chi connectivity index (χ2n) is 5.76. The molecule has 0 N–H and O–H groups in total. The molecule has 1 amide bonds. The number of nitrogens with zero attached hydrogens (tertiary/aromatic N) is 1. The van der Waals surface area contributed by atoms with Crippen LogP contribution in [0.5, 0.6) is 0 Å². The summed E-state index contributed by atoms with van der Waals surface area (Å²) in [5.74, 6) is 0.370. The summed E-state index contributed by atoms with van der Waals surface area (Å²) in [5.41, 5.74) is -0.677. The Kier molecular flexibility index (Phi) is 2.21. The molecule has 15 heavy (non-hydrogen) atoms. The van der Waals surface area contributed by atoms with E-state index in [0.29, 0.717) is 19.0 Å². The van der Waals surface area contributed by atoms with Crippen molar-refractivity contribution in [1.82, 2.24) is 4.90 Å². The fraction of sp³-hybridized carbons (Fsp3) is 0.909. The molecule has 0 radical (unpaired) electrons. The van der Waals surface area contributed by atoms with Crippen LogP contribution in [0.1, 0.15) is 27.2 Å². The first-order chi connectivity index (χ1) is 6.86. The predicted octanol–water partition coefficient (Wildman–Crippen LogP) is 2.21. The van der Waals surface area contributed by atoms with Crippen molar-refractivity contribution in [3.05, 3.63) is 0 Å². The number of carbonyl (C=O) groups excluding carboxylic acids is 1. The number of rotatable bonds is 1. The van der Waals surface area contributed by atoms with E-state index in [1.54, 1.807) is 4.90 Å². The van der Waals surface area contributed by atoms with Gasteiger partial charge in [-0.1, -0.05) is 0 Å². The van der Waals surface area contributed by atoms with E-state index in [1.807, 2.05) is 20.8 Å². The Balaban J connectivity index is 1.90. The van der Waals surface area contributed by atoms with Gasteiger partial charge >= 0.3 is 6.09 Å². The average molecular weight is 215 g/mol. The second-order valence-corrected chi connectivity index (χ2v) is 5.76. The highest BCUT2D eigenvalue weighted by atomic mass is 19.1. The lowest BCUT2D eigenvalue weighted by Gasteiger charge is -2.25. The minimum Gasteiger partial charge on any atom is -0.444 e. The van der Waals surface area contributed by atoms with E-state index >= 15 is 0 Å². The van der Waals surface area contributed by atoms with E-state index in [1.165, 1.54) is 0 Å². The number of amides is 1. The summed E-state index contributed by atoms with van der Waals surface area (Å²) in [7, 11) is 0. The molecule has 0 aromatic heterocycles. The fourth-order valence-electron chi connectivity index (χ4n) is 2.27. The number of alkyl halides is 1. The van der Waals surface area contributed by atoms with E-state index in [9.17, 15) is 9.18 Å². The van der Waals surface area contributed by atoms with Gasteiger partial charge in [0.15, 0.2) is 0 Å². The fourth-order valence-corrected chi connectivity index (χ4v) is 2.27. The minimum atomic E-state index is -0.466. The summed E-state index contributed by atoms with van der Waals surface area (Å²) >= 11 is 0. The third kappa shape index (κ3) is 1.94. The lowest BCUT2D eigenvalue weighted by Crippen LogP contribution is -2.37. The highest BCUT2D eigenvalue weighted by Crippen LogP contribution is 2.58. The van der Waals surface area contributed by atoms with Gasteiger partial charge in [0.05, 0.1) is 6.67 Å². The summed E-state index contributed by atoms with van der Waals surface area (Å²) in [6, 6.07) is 0. The smallest absolute Gasteiger partial charge is 0.410 e. The van der Waals surface area contributed by atoms with Gasteiger partial charge in [0.1, 0.15) is 5.60 Å². The maximum atomic E-state index is 12.7. The SMILES string of the molecule is CC(C)(C)OC(=O)N1CC2CC2(CF)C1. The number of carbonyl (C=O) groups is 1. The van der Waals surface area contributed by atoms with Crippen LogP contribution >= 0.6 is 0 Å². The zero-order chi connectivity index (χ0) is 11.3. The molecule has 2 fully saturated rings. The lowest BCUT2D eigenvalue weighted by atomic mass is 10.1. The number of hydrogen-bond acceptors (Lipinski definition) is 2. The van der Waals surface area contributed by atoms with Gasteiger partial charge in [-0.05, 0) is 33.1 Å². The molecule has 0 bridgehead atoms. The van der Waals surface area contributed by atoms with Crippen LogP contribution in [0.2, 0.25) is 0 Å². The molecule has 1 aliphatic carbocycles. The molecule has 1 aliphatic heterocycles. The van der Waals surface area contributed by atoms with Crippen molar-refractivity contribution in [2.24, 2.45) is 11.3 Å². The van der Waals surface area contributed by atoms with Gasteiger partial charge in [0, 0.05) is 18.5 Å². The molecule has 2 unspecified atom stereocenters. The van der Waals surface area contributed by atoms with Gasteiger partial charge in [-0.25, -0.2) is 4.79 Å². The Labute approximate surface area is 89.6 Å². The van der Waals surface area contributed by atoms with Crippen LogP contribution < -0.4 is 0 Å². The maximum absolute atomic E-state index is 12.7. The first-order valence-corrected chi connectivity index (χ1v) is 5.40. The van der Waals surface area contributed by atoms with Crippen molar-refractivity contribution in [1.29, 1.82) is 0 Å². The molecule has 2 rings (SSSR count). The van der Waals surface area contributed by atoms with Crippen LogP contribution in [0.3, 0.4) is 0 Å². The van der Waals surface area contributed by atoms with Gasteiger partial charge in [0.2, 0.25) is 0 Å². The van der Waals surface area contributed by atoms with Gasteiger partial charge in [0.25, 0.3) is 0 Å². The first-order valence-electron chi connectivity index (χ1n) is 5.40. The number of likely N-dealkylation sites (tertiary alicyclic amines) is 1. The van der Waals surface area contributed by atoms with E-state index in [-0.39, 0.29) is 18.2 Å². The zero-order valence-corrected chi connectivity index (χ0v) is 9.55. The molecule has 4 heteroatoms. The minimum absolute atomic E-state index is 0.211.